The highest BCUT2D eigenvalue weighted by atomic mass is 19.1. The molecule has 0 aromatic heterocycles. The summed E-state index contributed by atoms with van der Waals surface area (Å²) in [6.45, 7) is 0.859. The molecule has 1 fully saturated rings. The van der Waals surface area contributed by atoms with Crippen molar-refractivity contribution < 1.29 is 24.2 Å². The van der Waals surface area contributed by atoms with E-state index in [4.69, 9.17) is 5.11 Å². The molecule has 1 unspecified atom stereocenters. The topological polar surface area (TPSA) is 89.9 Å². The number of Topliss-reactive ketones (excluding diaryl/α,β-unsaturated/α-hetero) is 1. The fourth-order valence-electron chi connectivity index (χ4n) is 3.26. The summed E-state index contributed by atoms with van der Waals surface area (Å²) in [4.78, 5) is 26.7. The SMILES string of the molecule is O=C1C(=O)N(CCNCCO)C(c2ccc(F)cc2)/C1=C(\O)c1ccccc1. The van der Waals surface area contributed by atoms with Crippen LogP contribution in [0.25, 0.3) is 5.76 Å². The minimum absolute atomic E-state index is 0.0232. The molecule has 0 bridgehead atoms. The molecule has 146 valence electrons. The van der Waals surface area contributed by atoms with Crippen molar-refractivity contribution in [2.75, 3.05) is 26.2 Å². The maximum atomic E-state index is 13.4. The molecule has 1 atom stereocenters. The number of rotatable bonds is 7. The summed E-state index contributed by atoms with van der Waals surface area (Å²) in [6.07, 6.45) is 0. The Morgan fingerprint density at radius 2 is 1.71 bits per heavy atom. The normalized spacial score (nSPS) is 18.6. The highest BCUT2D eigenvalue weighted by Gasteiger charge is 2.45. The highest BCUT2D eigenvalue weighted by molar-refractivity contribution is 6.46. The highest BCUT2D eigenvalue weighted by Crippen LogP contribution is 2.39. The molecule has 2 aromatic rings. The third-order valence-corrected chi connectivity index (χ3v) is 4.59. The quantitative estimate of drug-likeness (QED) is 0.293. The molecule has 2 aromatic carbocycles. The maximum Gasteiger partial charge on any atom is 0.295 e. The number of hydrogen-bond acceptors (Lipinski definition) is 5. The number of aliphatic hydroxyl groups is 2. The molecule has 7 heteroatoms. The van der Waals surface area contributed by atoms with Gasteiger partial charge in [0.1, 0.15) is 11.6 Å². The van der Waals surface area contributed by atoms with Gasteiger partial charge < -0.3 is 20.4 Å². The first-order valence-corrected chi connectivity index (χ1v) is 8.95. The Hall–Kier alpha value is -3.03. The summed E-state index contributed by atoms with van der Waals surface area (Å²) >= 11 is 0. The van der Waals surface area contributed by atoms with Crippen molar-refractivity contribution in [2.45, 2.75) is 6.04 Å². The molecule has 28 heavy (non-hydrogen) atoms. The minimum atomic E-state index is -0.822. The number of aliphatic hydroxyl groups excluding tert-OH is 2. The Kier molecular flexibility index (Phi) is 6.18. The van der Waals surface area contributed by atoms with Gasteiger partial charge in [0.25, 0.3) is 11.7 Å². The van der Waals surface area contributed by atoms with Crippen molar-refractivity contribution in [1.29, 1.82) is 0 Å². The minimum Gasteiger partial charge on any atom is -0.507 e. The first kappa shape index (κ1) is 19.7. The molecule has 0 spiro atoms. The van der Waals surface area contributed by atoms with Gasteiger partial charge in [-0.2, -0.15) is 0 Å². The van der Waals surface area contributed by atoms with Crippen molar-refractivity contribution >= 4 is 17.4 Å². The zero-order chi connectivity index (χ0) is 20.1. The molecule has 1 heterocycles. The number of ketones is 1. The first-order chi connectivity index (χ1) is 13.5. The van der Waals surface area contributed by atoms with Gasteiger partial charge in [0.2, 0.25) is 0 Å². The lowest BCUT2D eigenvalue weighted by Gasteiger charge is -2.25. The van der Waals surface area contributed by atoms with Gasteiger partial charge >= 0.3 is 0 Å². The molecule has 1 aliphatic rings. The van der Waals surface area contributed by atoms with Gasteiger partial charge in [-0.05, 0) is 17.7 Å². The molecule has 0 saturated carbocycles. The summed E-state index contributed by atoms with van der Waals surface area (Å²) in [6, 6.07) is 13.2. The van der Waals surface area contributed by atoms with Gasteiger partial charge in [-0.1, -0.05) is 42.5 Å². The van der Waals surface area contributed by atoms with Crippen molar-refractivity contribution in [3.05, 3.63) is 77.1 Å². The van der Waals surface area contributed by atoms with E-state index in [1.54, 1.807) is 30.3 Å². The number of amides is 1. The molecular formula is C21H21FN2O4. The van der Waals surface area contributed by atoms with Crippen LogP contribution in [0, 0.1) is 5.82 Å². The summed E-state index contributed by atoms with van der Waals surface area (Å²) in [5.74, 6) is -2.21. The zero-order valence-electron chi connectivity index (χ0n) is 15.1. The van der Waals surface area contributed by atoms with Crippen LogP contribution >= 0.6 is 0 Å². The van der Waals surface area contributed by atoms with Crippen LogP contribution in [0.4, 0.5) is 4.39 Å². The van der Waals surface area contributed by atoms with Crippen LogP contribution in [0.2, 0.25) is 0 Å². The average Bonchev–Trinajstić information content (AvgIpc) is 2.97. The molecule has 6 nitrogen and oxygen atoms in total. The third kappa shape index (κ3) is 3.95. The summed E-state index contributed by atoms with van der Waals surface area (Å²) < 4.78 is 13.4. The Bertz CT molecular complexity index is 881. The zero-order valence-corrected chi connectivity index (χ0v) is 15.1. The van der Waals surface area contributed by atoms with Crippen LogP contribution in [0.1, 0.15) is 17.2 Å². The second-order valence-corrected chi connectivity index (χ2v) is 6.38. The number of likely N-dealkylation sites (tertiary alicyclic amines) is 1. The number of halogens is 1. The van der Waals surface area contributed by atoms with Crippen LogP contribution < -0.4 is 5.32 Å². The molecule has 1 aliphatic heterocycles. The lowest BCUT2D eigenvalue weighted by molar-refractivity contribution is -0.139. The maximum absolute atomic E-state index is 13.4. The number of benzene rings is 2. The molecule has 3 N–H and O–H groups in total. The van der Waals surface area contributed by atoms with Crippen LogP contribution in [0.15, 0.2) is 60.2 Å². The monoisotopic (exact) mass is 384 g/mol. The molecule has 1 amide bonds. The number of carbonyl (C=O) groups excluding carboxylic acids is 2. The van der Waals surface area contributed by atoms with E-state index in [1.165, 1.54) is 29.2 Å². The van der Waals surface area contributed by atoms with E-state index in [2.05, 4.69) is 5.32 Å². The number of carbonyl (C=O) groups is 2. The van der Waals surface area contributed by atoms with Gasteiger partial charge in [-0.15, -0.1) is 0 Å². The van der Waals surface area contributed by atoms with Crippen molar-refractivity contribution in [2.24, 2.45) is 0 Å². The predicted octanol–water partition coefficient (Wildman–Crippen LogP) is 1.83. The van der Waals surface area contributed by atoms with Crippen molar-refractivity contribution in [3.8, 4) is 0 Å². The van der Waals surface area contributed by atoms with Gasteiger partial charge in [0.15, 0.2) is 0 Å². The van der Waals surface area contributed by atoms with Crippen LogP contribution in [-0.4, -0.2) is 53.0 Å². The second kappa shape index (κ2) is 8.77. The Labute approximate surface area is 161 Å². The van der Waals surface area contributed by atoms with Crippen LogP contribution in [0.3, 0.4) is 0 Å². The summed E-state index contributed by atoms with van der Waals surface area (Å²) in [7, 11) is 0. The van der Waals surface area contributed by atoms with Gasteiger partial charge in [-0.25, -0.2) is 4.39 Å². The van der Waals surface area contributed by atoms with Crippen LogP contribution in [0.5, 0.6) is 0 Å². The molecule has 0 radical (unpaired) electrons. The fourth-order valence-corrected chi connectivity index (χ4v) is 3.26. The Morgan fingerprint density at radius 1 is 1.04 bits per heavy atom. The summed E-state index contributed by atoms with van der Waals surface area (Å²) in [5, 5.41) is 22.6. The molecular weight excluding hydrogens is 363 g/mol. The largest absolute Gasteiger partial charge is 0.507 e. The first-order valence-electron chi connectivity index (χ1n) is 8.95. The van der Waals surface area contributed by atoms with E-state index in [0.717, 1.165) is 0 Å². The number of nitrogens with zero attached hydrogens (tertiary/aromatic N) is 1. The standard InChI is InChI=1S/C21H21FN2O4/c22-16-8-6-14(7-9-16)18-17(19(26)15-4-2-1-3-5-15)20(27)21(28)24(18)12-10-23-11-13-25/h1-9,18,23,25-26H,10-13H2/b19-17+. The Balaban J connectivity index is 2.04. The van der Waals surface area contributed by atoms with Gasteiger partial charge in [-0.3, -0.25) is 9.59 Å². The summed E-state index contributed by atoms with van der Waals surface area (Å²) in [5.41, 5.74) is 0.927. The fraction of sp³-hybridized carbons (Fsp3) is 0.238. The molecule has 3 rings (SSSR count). The molecule has 1 saturated heterocycles. The number of hydrogen-bond donors (Lipinski definition) is 3. The van der Waals surface area contributed by atoms with Gasteiger partial charge in [0.05, 0.1) is 18.2 Å². The van der Waals surface area contributed by atoms with Crippen LogP contribution in [-0.2, 0) is 9.59 Å². The van der Waals surface area contributed by atoms with E-state index >= 15 is 0 Å². The van der Waals surface area contributed by atoms with E-state index < -0.39 is 23.5 Å². The lowest BCUT2D eigenvalue weighted by atomic mass is 9.95. The molecule has 0 aliphatic carbocycles. The average molecular weight is 384 g/mol. The van der Waals surface area contributed by atoms with E-state index in [0.29, 0.717) is 24.2 Å². The smallest absolute Gasteiger partial charge is 0.295 e. The van der Waals surface area contributed by atoms with Gasteiger partial charge in [0, 0.05) is 25.2 Å². The predicted molar refractivity (Wildman–Crippen MR) is 102 cm³/mol. The number of nitrogens with one attached hydrogen (secondary N) is 1. The lowest BCUT2D eigenvalue weighted by Crippen LogP contribution is -2.36. The van der Waals surface area contributed by atoms with Crippen molar-refractivity contribution in [1.82, 2.24) is 10.2 Å². The third-order valence-electron chi connectivity index (χ3n) is 4.59. The Morgan fingerprint density at radius 3 is 2.36 bits per heavy atom. The van der Waals surface area contributed by atoms with E-state index in [-0.39, 0.29) is 24.5 Å². The van der Waals surface area contributed by atoms with E-state index in [1.807, 2.05) is 0 Å². The van der Waals surface area contributed by atoms with E-state index in [9.17, 15) is 19.1 Å². The second-order valence-electron chi connectivity index (χ2n) is 6.38. The van der Waals surface area contributed by atoms with Crippen molar-refractivity contribution in [3.63, 3.8) is 0 Å².